The van der Waals surface area contributed by atoms with E-state index in [1.165, 1.54) is 0 Å². The van der Waals surface area contributed by atoms with E-state index in [0.717, 1.165) is 70.7 Å². The number of benzene rings is 3. The van der Waals surface area contributed by atoms with Crippen LogP contribution in [0.15, 0.2) is 59.5 Å². The number of thiophene rings is 1. The first-order chi connectivity index (χ1) is 19.7. The normalized spacial score (nSPS) is 17.9. The van der Waals surface area contributed by atoms with Gasteiger partial charge >= 0.3 is 0 Å². The second kappa shape index (κ2) is 12.7. The number of ether oxygens (including phenoxy) is 1. The first kappa shape index (κ1) is 29.8. The van der Waals surface area contributed by atoms with Crippen molar-refractivity contribution in [1.82, 2.24) is 10.2 Å². The average molecular weight is 617 g/mol. The lowest BCUT2D eigenvalue weighted by Crippen LogP contribution is -2.44. The van der Waals surface area contributed by atoms with Gasteiger partial charge in [-0.3, -0.25) is 4.79 Å². The molecular weight excluding hydrogens is 586 g/mol. The molecule has 5 nitrogen and oxygen atoms in total. The highest BCUT2D eigenvalue weighted by Gasteiger charge is 2.33. The SMILES string of the molecule is CN[C@H]1CC[C@@H](N(Cc2cc(-c3cccc([S+](C)[O-])c3)ccc2OC)C(=O)c2sc3c(F)ccc(F)c3c2Cl)CC1. The average Bonchev–Trinajstić information content (AvgIpc) is 3.35. The maximum absolute atomic E-state index is 14.7. The Morgan fingerprint density at radius 1 is 1.10 bits per heavy atom. The predicted octanol–water partition coefficient (Wildman–Crippen LogP) is 7.42. The number of carbonyl (C=O) groups is 1. The molecule has 1 amide bonds. The van der Waals surface area contributed by atoms with Crippen LogP contribution in [-0.2, 0) is 17.7 Å². The molecule has 0 saturated heterocycles. The monoisotopic (exact) mass is 616 g/mol. The van der Waals surface area contributed by atoms with Gasteiger partial charge in [0.2, 0.25) is 0 Å². The number of carbonyl (C=O) groups excluding carboxylic acids is 1. The Morgan fingerprint density at radius 3 is 2.46 bits per heavy atom. The molecule has 10 heteroatoms. The fourth-order valence-electron chi connectivity index (χ4n) is 5.53. The maximum atomic E-state index is 14.7. The summed E-state index contributed by atoms with van der Waals surface area (Å²) in [7, 11) is 3.52. The van der Waals surface area contributed by atoms with E-state index in [0.29, 0.717) is 11.8 Å². The number of rotatable bonds is 8. The summed E-state index contributed by atoms with van der Waals surface area (Å²) in [5.41, 5.74) is 2.57. The number of nitrogens with zero attached hydrogens (tertiary/aromatic N) is 1. The van der Waals surface area contributed by atoms with Crippen LogP contribution >= 0.6 is 22.9 Å². The van der Waals surface area contributed by atoms with Gasteiger partial charge in [0.15, 0.2) is 4.90 Å². The molecule has 1 saturated carbocycles. The third-order valence-electron chi connectivity index (χ3n) is 7.80. The molecule has 0 aliphatic heterocycles. The van der Waals surface area contributed by atoms with Crippen LogP contribution in [0.5, 0.6) is 5.75 Å². The van der Waals surface area contributed by atoms with Gasteiger partial charge in [-0.25, -0.2) is 8.78 Å². The van der Waals surface area contributed by atoms with Crippen molar-refractivity contribution in [3.8, 4) is 16.9 Å². The van der Waals surface area contributed by atoms with E-state index >= 15 is 0 Å². The van der Waals surface area contributed by atoms with E-state index in [-0.39, 0.29) is 38.5 Å². The van der Waals surface area contributed by atoms with Crippen molar-refractivity contribution < 1.29 is 22.9 Å². The molecule has 216 valence electrons. The number of hydrogen-bond acceptors (Lipinski definition) is 5. The van der Waals surface area contributed by atoms with Crippen molar-refractivity contribution >= 4 is 50.1 Å². The van der Waals surface area contributed by atoms with Crippen molar-refractivity contribution in [2.24, 2.45) is 0 Å². The molecule has 0 bridgehead atoms. The largest absolute Gasteiger partial charge is 0.612 e. The summed E-state index contributed by atoms with van der Waals surface area (Å²) < 4.78 is 47.1. The van der Waals surface area contributed by atoms with Gasteiger partial charge < -0.3 is 19.5 Å². The predicted molar refractivity (Wildman–Crippen MR) is 162 cm³/mol. The van der Waals surface area contributed by atoms with Gasteiger partial charge in [-0.05, 0) is 85.4 Å². The number of nitrogens with one attached hydrogen (secondary N) is 1. The highest BCUT2D eigenvalue weighted by atomic mass is 35.5. The molecule has 1 atom stereocenters. The molecule has 4 aromatic rings. The Bertz CT molecular complexity index is 1570. The molecule has 1 aliphatic rings. The summed E-state index contributed by atoms with van der Waals surface area (Å²) in [6, 6.07) is 15.7. The number of methoxy groups -OCH3 is 1. The minimum atomic E-state index is -1.13. The van der Waals surface area contributed by atoms with Crippen LogP contribution in [0.3, 0.4) is 0 Å². The lowest BCUT2D eigenvalue weighted by atomic mass is 9.89. The highest BCUT2D eigenvalue weighted by Crippen LogP contribution is 2.40. The Labute approximate surface area is 250 Å². The molecule has 3 aromatic carbocycles. The van der Waals surface area contributed by atoms with E-state index < -0.39 is 22.8 Å². The van der Waals surface area contributed by atoms with Crippen molar-refractivity contribution in [1.29, 1.82) is 0 Å². The zero-order chi connectivity index (χ0) is 29.3. The van der Waals surface area contributed by atoms with Crippen LogP contribution in [0.4, 0.5) is 8.78 Å². The molecule has 0 radical (unpaired) electrons. The van der Waals surface area contributed by atoms with Gasteiger partial charge in [0.05, 0.1) is 22.2 Å². The molecule has 5 rings (SSSR count). The molecule has 41 heavy (non-hydrogen) atoms. The van der Waals surface area contributed by atoms with Crippen LogP contribution in [-0.4, -0.2) is 47.9 Å². The Morgan fingerprint density at radius 2 is 1.80 bits per heavy atom. The van der Waals surface area contributed by atoms with Gasteiger partial charge in [0.25, 0.3) is 5.91 Å². The zero-order valence-corrected chi connectivity index (χ0v) is 25.4. The third kappa shape index (κ3) is 6.10. The van der Waals surface area contributed by atoms with E-state index in [4.69, 9.17) is 16.3 Å². The molecule has 1 aromatic heterocycles. The van der Waals surface area contributed by atoms with Gasteiger partial charge in [-0.1, -0.05) is 29.8 Å². The fourth-order valence-corrected chi connectivity index (χ4v) is 7.60. The smallest absolute Gasteiger partial charge is 0.266 e. The van der Waals surface area contributed by atoms with Crippen molar-refractivity contribution in [3.63, 3.8) is 0 Å². The first-order valence-corrected chi connectivity index (χ1v) is 16.1. The first-order valence-electron chi connectivity index (χ1n) is 13.4. The second-order valence-corrected chi connectivity index (χ2v) is 13.0. The topological polar surface area (TPSA) is 64.6 Å². The summed E-state index contributed by atoms with van der Waals surface area (Å²) in [5.74, 6) is -1.02. The van der Waals surface area contributed by atoms with E-state index in [2.05, 4.69) is 5.32 Å². The summed E-state index contributed by atoms with van der Waals surface area (Å²) in [6.45, 7) is 0.222. The van der Waals surface area contributed by atoms with E-state index in [1.54, 1.807) is 18.3 Å². The van der Waals surface area contributed by atoms with E-state index in [1.807, 2.05) is 49.5 Å². The van der Waals surface area contributed by atoms with Crippen LogP contribution in [0.25, 0.3) is 21.2 Å². The van der Waals surface area contributed by atoms with Crippen molar-refractivity contribution in [2.45, 2.75) is 49.2 Å². The summed E-state index contributed by atoms with van der Waals surface area (Å²) in [5, 5.41) is 3.19. The number of hydrogen-bond donors (Lipinski definition) is 1. The minimum absolute atomic E-state index is 0.0324. The van der Waals surface area contributed by atoms with Gasteiger partial charge in [0.1, 0.15) is 28.5 Å². The van der Waals surface area contributed by atoms with Crippen LogP contribution in [0, 0.1) is 11.6 Å². The van der Waals surface area contributed by atoms with Crippen molar-refractivity contribution in [2.75, 3.05) is 20.4 Å². The van der Waals surface area contributed by atoms with Crippen LogP contribution in [0.1, 0.15) is 40.9 Å². The molecule has 1 heterocycles. The number of fused-ring (bicyclic) bond motifs is 1. The standard InChI is InChI=1S/C31H31ClF2N2O3S2/c1-35-21-8-10-22(11-9-21)36(31(37)30-28(32)27-24(33)12-13-25(34)29(27)40-30)17-20-15-19(7-14-26(20)39-2)18-5-4-6-23(16-18)41(3)38/h4-7,12-16,21-22,35H,8-11,17H2,1-3H3/t21-,22+,41?. The van der Waals surface area contributed by atoms with E-state index in [9.17, 15) is 18.1 Å². The minimum Gasteiger partial charge on any atom is -0.612 e. The molecule has 1 N–H and O–H groups in total. The van der Waals surface area contributed by atoms with Gasteiger partial charge in [-0.2, -0.15) is 0 Å². The molecule has 1 unspecified atom stereocenters. The molecule has 0 spiro atoms. The lowest BCUT2D eigenvalue weighted by molar-refractivity contribution is 0.0604. The van der Waals surface area contributed by atoms with Gasteiger partial charge in [0, 0.05) is 30.3 Å². The van der Waals surface area contributed by atoms with Crippen LogP contribution < -0.4 is 10.1 Å². The highest BCUT2D eigenvalue weighted by molar-refractivity contribution is 7.90. The summed E-state index contributed by atoms with van der Waals surface area (Å²) in [4.78, 5) is 16.8. The summed E-state index contributed by atoms with van der Waals surface area (Å²) in [6.07, 6.45) is 4.98. The molecule has 1 aliphatic carbocycles. The lowest BCUT2D eigenvalue weighted by Gasteiger charge is -2.37. The zero-order valence-electron chi connectivity index (χ0n) is 23.0. The Balaban J connectivity index is 1.56. The van der Waals surface area contributed by atoms with Crippen molar-refractivity contribution in [3.05, 3.63) is 81.7 Å². The van der Waals surface area contributed by atoms with Gasteiger partial charge in [-0.15, -0.1) is 11.3 Å². The Kier molecular flexibility index (Phi) is 9.21. The summed E-state index contributed by atoms with van der Waals surface area (Å²) >= 11 is 6.32. The third-order valence-corrected chi connectivity index (χ3v) is 10.4. The molecular formula is C31H31ClF2N2O3S2. The number of halogens is 3. The van der Waals surface area contributed by atoms with Crippen LogP contribution in [0.2, 0.25) is 5.02 Å². The molecule has 1 fully saturated rings. The maximum Gasteiger partial charge on any atom is 0.266 e. The second-order valence-electron chi connectivity index (χ2n) is 10.2. The quantitative estimate of drug-likeness (QED) is 0.209. The fraction of sp³-hybridized carbons (Fsp3) is 0.323. The Hall–Kier alpha value is -2.69. The number of amides is 1.